The Morgan fingerprint density at radius 3 is 1.37 bits per heavy atom. The second kappa shape index (κ2) is 37.3. The van der Waals surface area contributed by atoms with Crippen LogP contribution in [0.25, 0.3) is 0 Å². The first kappa shape index (κ1) is 45.5. The van der Waals surface area contributed by atoms with Crippen LogP contribution in [0.2, 0.25) is 0 Å². The van der Waals surface area contributed by atoms with Gasteiger partial charge in [-0.15, -0.1) is 0 Å². The van der Waals surface area contributed by atoms with E-state index in [0.717, 1.165) is 38.5 Å². The molecular formula is C39H77O6P. The van der Waals surface area contributed by atoms with Crippen molar-refractivity contribution in [1.82, 2.24) is 0 Å². The Hall–Kier alpha value is -0.490. The average Bonchev–Trinajstić information content (AvgIpc) is 3.03. The van der Waals surface area contributed by atoms with Gasteiger partial charge in [0.2, 0.25) is 0 Å². The summed E-state index contributed by atoms with van der Waals surface area (Å²) < 4.78 is 27.6. The quantitative estimate of drug-likeness (QED) is 0.0386. The van der Waals surface area contributed by atoms with Gasteiger partial charge in [0.1, 0.15) is 6.10 Å². The van der Waals surface area contributed by atoms with E-state index in [0.29, 0.717) is 19.8 Å². The fourth-order valence-electron chi connectivity index (χ4n) is 5.63. The number of ether oxygens (including phenoxy) is 2. The zero-order valence-corrected chi connectivity index (χ0v) is 31.4. The molecule has 0 amide bonds. The monoisotopic (exact) mass is 673 g/mol. The molecule has 0 aliphatic rings. The van der Waals surface area contributed by atoms with Crippen LogP contribution in [0.4, 0.5) is 0 Å². The zero-order valence-electron chi connectivity index (χ0n) is 30.5. The number of phosphoric acid groups is 1. The molecule has 1 unspecified atom stereocenters. The lowest BCUT2D eigenvalue weighted by atomic mass is 10.0. The van der Waals surface area contributed by atoms with Gasteiger partial charge in [0.25, 0.3) is 0 Å². The molecule has 0 aromatic heterocycles. The summed E-state index contributed by atoms with van der Waals surface area (Å²) in [5.74, 6) is 0. The molecule has 0 radical (unpaired) electrons. The fourth-order valence-corrected chi connectivity index (χ4v) is 5.99. The summed E-state index contributed by atoms with van der Waals surface area (Å²) in [7, 11) is -4.52. The first-order valence-electron chi connectivity index (χ1n) is 19.7. The number of hydrogen-bond acceptors (Lipinski definition) is 4. The van der Waals surface area contributed by atoms with E-state index in [1.54, 1.807) is 0 Å². The third-order valence-corrected chi connectivity index (χ3v) is 9.06. The molecule has 2 N–H and O–H groups in total. The number of rotatable bonds is 38. The van der Waals surface area contributed by atoms with Gasteiger partial charge in [-0.05, 0) is 44.9 Å². The molecule has 6 nitrogen and oxygen atoms in total. The summed E-state index contributed by atoms with van der Waals surface area (Å²) in [6, 6.07) is 0. The lowest BCUT2D eigenvalue weighted by Gasteiger charge is -2.18. The maximum Gasteiger partial charge on any atom is 0.469 e. The van der Waals surface area contributed by atoms with Gasteiger partial charge in [-0.1, -0.05) is 173 Å². The molecule has 46 heavy (non-hydrogen) atoms. The average molecular weight is 673 g/mol. The first-order chi connectivity index (χ1) is 22.5. The highest BCUT2D eigenvalue weighted by Gasteiger charge is 2.19. The minimum absolute atomic E-state index is 0.147. The van der Waals surface area contributed by atoms with Gasteiger partial charge < -0.3 is 19.3 Å². The van der Waals surface area contributed by atoms with E-state index < -0.39 is 13.9 Å². The van der Waals surface area contributed by atoms with E-state index in [2.05, 4.69) is 38.2 Å². The van der Waals surface area contributed by atoms with Crippen LogP contribution in [0, 0.1) is 0 Å². The number of hydrogen-bond donors (Lipinski definition) is 2. The molecule has 7 heteroatoms. The molecule has 0 saturated heterocycles. The maximum atomic E-state index is 11.2. The lowest BCUT2D eigenvalue weighted by molar-refractivity contribution is -0.0429. The van der Waals surface area contributed by atoms with Gasteiger partial charge in [-0.3, -0.25) is 4.52 Å². The van der Waals surface area contributed by atoms with Crippen LogP contribution < -0.4 is 0 Å². The molecular weight excluding hydrogens is 595 g/mol. The van der Waals surface area contributed by atoms with Crippen molar-refractivity contribution in [1.29, 1.82) is 0 Å². The molecule has 0 bridgehead atoms. The van der Waals surface area contributed by atoms with Crippen LogP contribution in [0.3, 0.4) is 0 Å². The van der Waals surface area contributed by atoms with Gasteiger partial charge in [0.15, 0.2) is 0 Å². The van der Waals surface area contributed by atoms with E-state index in [-0.39, 0.29) is 6.61 Å². The molecule has 0 spiro atoms. The lowest BCUT2D eigenvalue weighted by Crippen LogP contribution is -2.26. The molecule has 0 aromatic carbocycles. The van der Waals surface area contributed by atoms with Crippen molar-refractivity contribution in [2.45, 2.75) is 200 Å². The molecule has 0 aromatic rings. The normalized spacial score (nSPS) is 13.0. The fraction of sp³-hybridized carbons (Fsp3) is 0.897. The Balaban J connectivity index is 3.69. The molecule has 0 fully saturated rings. The summed E-state index contributed by atoms with van der Waals surface area (Å²) >= 11 is 0. The minimum Gasteiger partial charge on any atom is -0.379 e. The van der Waals surface area contributed by atoms with Crippen LogP contribution in [0.1, 0.15) is 194 Å². The Bertz CT molecular complexity index is 692. The van der Waals surface area contributed by atoms with Crippen molar-refractivity contribution in [3.8, 4) is 0 Å². The van der Waals surface area contributed by atoms with E-state index in [4.69, 9.17) is 23.8 Å². The van der Waals surface area contributed by atoms with Crippen molar-refractivity contribution in [2.75, 3.05) is 26.4 Å². The van der Waals surface area contributed by atoms with Crippen molar-refractivity contribution >= 4 is 7.82 Å². The minimum atomic E-state index is -4.52. The molecule has 0 aliphatic carbocycles. The highest BCUT2D eigenvalue weighted by atomic mass is 31.2. The van der Waals surface area contributed by atoms with Crippen molar-refractivity contribution in [2.24, 2.45) is 0 Å². The summed E-state index contributed by atoms with van der Waals surface area (Å²) in [4.78, 5) is 18.2. The van der Waals surface area contributed by atoms with Crippen molar-refractivity contribution in [3.05, 3.63) is 24.3 Å². The van der Waals surface area contributed by atoms with Gasteiger partial charge >= 0.3 is 7.82 Å². The molecule has 0 saturated carbocycles. The molecule has 0 rings (SSSR count). The van der Waals surface area contributed by atoms with E-state index in [9.17, 15) is 4.57 Å². The summed E-state index contributed by atoms with van der Waals surface area (Å²) in [6.45, 7) is 5.89. The van der Waals surface area contributed by atoms with Crippen LogP contribution in [0.5, 0.6) is 0 Å². The third-order valence-electron chi connectivity index (χ3n) is 8.57. The van der Waals surface area contributed by atoms with Gasteiger partial charge in [-0.25, -0.2) is 4.57 Å². The van der Waals surface area contributed by atoms with Crippen LogP contribution in [-0.2, 0) is 18.6 Å². The molecule has 0 heterocycles. The van der Waals surface area contributed by atoms with Crippen LogP contribution >= 0.6 is 7.82 Å². The molecule has 0 aliphatic heterocycles. The largest absolute Gasteiger partial charge is 0.469 e. The summed E-state index contributed by atoms with van der Waals surface area (Å²) in [5.41, 5.74) is 0. The van der Waals surface area contributed by atoms with E-state index in [1.807, 2.05) is 0 Å². The predicted octanol–water partition coefficient (Wildman–Crippen LogP) is 12.6. The third kappa shape index (κ3) is 39.7. The standard InChI is InChI=1S/C39H77O6P/c1-3-5-7-9-11-13-15-17-19-21-23-25-27-29-31-33-35-43-37-39(38-45-46(40,41)42)44-36-34-32-30-28-26-24-22-20-18-16-14-12-10-8-6-4-2/h12,14,18,20,39H,3-11,13,15-17,19,21-38H2,1-2H3,(H2,40,41,42). The van der Waals surface area contributed by atoms with Gasteiger partial charge in [0, 0.05) is 13.2 Å². The predicted molar refractivity (Wildman–Crippen MR) is 197 cm³/mol. The Labute approximate surface area is 286 Å². The SMILES string of the molecule is CCCCCC=CCC=CCCCCCCCCOC(COCCCCCCCCCCCCCCCCCC)COP(=O)(O)O. The van der Waals surface area contributed by atoms with Crippen molar-refractivity contribution < 1.29 is 28.3 Å². The second-order valence-corrected chi connectivity index (χ2v) is 14.5. The Morgan fingerprint density at radius 1 is 0.500 bits per heavy atom. The maximum absolute atomic E-state index is 11.2. The Kier molecular flexibility index (Phi) is 36.9. The van der Waals surface area contributed by atoms with Crippen LogP contribution in [-0.4, -0.2) is 42.3 Å². The first-order valence-corrected chi connectivity index (χ1v) is 21.2. The van der Waals surface area contributed by atoms with Crippen molar-refractivity contribution in [3.63, 3.8) is 0 Å². The van der Waals surface area contributed by atoms with Crippen LogP contribution in [0.15, 0.2) is 24.3 Å². The van der Waals surface area contributed by atoms with E-state index in [1.165, 1.54) is 141 Å². The van der Waals surface area contributed by atoms with Gasteiger partial charge in [-0.2, -0.15) is 0 Å². The highest BCUT2D eigenvalue weighted by molar-refractivity contribution is 7.46. The summed E-state index contributed by atoms with van der Waals surface area (Å²) in [6.07, 6.45) is 44.5. The van der Waals surface area contributed by atoms with E-state index >= 15 is 0 Å². The Morgan fingerprint density at radius 2 is 0.891 bits per heavy atom. The zero-order chi connectivity index (χ0) is 33.7. The second-order valence-electron chi connectivity index (χ2n) is 13.2. The molecule has 1 atom stereocenters. The smallest absolute Gasteiger partial charge is 0.379 e. The number of allylic oxidation sites excluding steroid dienone is 4. The molecule has 274 valence electrons. The number of phosphoric ester groups is 1. The number of unbranched alkanes of at least 4 members (excludes halogenated alkanes) is 24. The van der Waals surface area contributed by atoms with Gasteiger partial charge in [0.05, 0.1) is 13.2 Å². The summed E-state index contributed by atoms with van der Waals surface area (Å²) in [5, 5.41) is 0. The topological polar surface area (TPSA) is 85.2 Å². The highest BCUT2D eigenvalue weighted by Crippen LogP contribution is 2.35.